The predicted molar refractivity (Wildman–Crippen MR) is 83.5 cm³/mol. The van der Waals surface area contributed by atoms with Crippen molar-refractivity contribution in [3.63, 3.8) is 0 Å². The maximum atomic E-state index is 12.1. The summed E-state index contributed by atoms with van der Waals surface area (Å²) in [6, 6.07) is 9.29. The lowest BCUT2D eigenvalue weighted by atomic mass is 10.0. The van der Waals surface area contributed by atoms with Crippen LogP contribution in [0.2, 0.25) is 0 Å². The summed E-state index contributed by atoms with van der Waals surface area (Å²) in [6.07, 6.45) is 3.58. The molecule has 0 aliphatic rings. The zero-order valence-electron chi connectivity index (χ0n) is 12.6. The van der Waals surface area contributed by atoms with Crippen LogP contribution in [0.3, 0.4) is 0 Å². The van der Waals surface area contributed by atoms with Gasteiger partial charge in [-0.1, -0.05) is 37.3 Å². The summed E-state index contributed by atoms with van der Waals surface area (Å²) in [5.41, 5.74) is 0.993. The van der Waals surface area contributed by atoms with E-state index in [-0.39, 0.29) is 24.7 Å². The SMILES string of the molecule is CCc1cnc(NC(=O)N[C@H](CCCO)c2ccccc2)o1. The van der Waals surface area contributed by atoms with Crippen LogP contribution >= 0.6 is 0 Å². The molecule has 118 valence electrons. The van der Waals surface area contributed by atoms with E-state index in [2.05, 4.69) is 15.6 Å². The second-order valence-electron chi connectivity index (χ2n) is 4.91. The van der Waals surface area contributed by atoms with Gasteiger partial charge < -0.3 is 14.8 Å². The first-order valence-corrected chi connectivity index (χ1v) is 7.41. The third-order valence-electron chi connectivity index (χ3n) is 3.28. The highest BCUT2D eigenvalue weighted by Gasteiger charge is 2.15. The first kappa shape index (κ1) is 16.0. The Kier molecular flexibility index (Phi) is 5.97. The van der Waals surface area contributed by atoms with Crippen molar-refractivity contribution in [1.82, 2.24) is 10.3 Å². The van der Waals surface area contributed by atoms with Crippen molar-refractivity contribution in [3.05, 3.63) is 47.9 Å². The fraction of sp³-hybridized carbons (Fsp3) is 0.375. The van der Waals surface area contributed by atoms with Crippen molar-refractivity contribution in [1.29, 1.82) is 0 Å². The van der Waals surface area contributed by atoms with E-state index in [1.165, 1.54) is 0 Å². The summed E-state index contributed by atoms with van der Waals surface area (Å²) in [5.74, 6) is 0.718. The summed E-state index contributed by atoms with van der Waals surface area (Å²) in [6.45, 7) is 2.04. The number of urea groups is 1. The number of amides is 2. The minimum absolute atomic E-state index is 0.0895. The molecule has 2 aromatic rings. The lowest BCUT2D eigenvalue weighted by Gasteiger charge is -2.18. The second kappa shape index (κ2) is 8.19. The Labute approximate surface area is 129 Å². The number of aryl methyl sites for hydroxylation is 1. The van der Waals surface area contributed by atoms with E-state index in [4.69, 9.17) is 9.52 Å². The highest BCUT2D eigenvalue weighted by atomic mass is 16.4. The lowest BCUT2D eigenvalue weighted by Crippen LogP contribution is -2.32. The molecular formula is C16H21N3O3. The van der Waals surface area contributed by atoms with Crippen LogP contribution in [-0.4, -0.2) is 22.7 Å². The van der Waals surface area contributed by atoms with Gasteiger partial charge in [-0.2, -0.15) is 0 Å². The standard InChI is InChI=1S/C16H21N3O3/c1-2-13-11-17-16(22-13)19-15(21)18-14(9-6-10-20)12-7-4-3-5-8-12/h3-5,7-8,11,14,20H,2,6,9-10H2,1H3,(H2,17,18,19,21)/t14-/m1/s1. The highest BCUT2D eigenvalue weighted by Crippen LogP contribution is 2.18. The average molecular weight is 303 g/mol. The van der Waals surface area contributed by atoms with Crippen LogP contribution < -0.4 is 10.6 Å². The molecule has 0 aliphatic heterocycles. The number of oxazole rings is 1. The fourth-order valence-corrected chi connectivity index (χ4v) is 2.12. The topological polar surface area (TPSA) is 87.4 Å². The molecule has 22 heavy (non-hydrogen) atoms. The van der Waals surface area contributed by atoms with Crippen LogP contribution in [-0.2, 0) is 6.42 Å². The van der Waals surface area contributed by atoms with Gasteiger partial charge in [0.15, 0.2) is 0 Å². The number of benzene rings is 1. The molecule has 6 nitrogen and oxygen atoms in total. The van der Waals surface area contributed by atoms with Crippen LogP contribution in [0.5, 0.6) is 0 Å². The van der Waals surface area contributed by atoms with Crippen LogP contribution in [0.15, 0.2) is 40.9 Å². The number of carbonyl (C=O) groups excluding carboxylic acids is 1. The van der Waals surface area contributed by atoms with E-state index in [9.17, 15) is 4.79 Å². The maximum absolute atomic E-state index is 12.1. The number of aliphatic hydroxyl groups is 1. The average Bonchev–Trinajstić information content (AvgIpc) is 2.99. The Morgan fingerprint density at radius 1 is 1.36 bits per heavy atom. The number of hydrogen-bond acceptors (Lipinski definition) is 4. The molecule has 6 heteroatoms. The van der Waals surface area contributed by atoms with Gasteiger partial charge in [-0.25, -0.2) is 9.78 Å². The van der Waals surface area contributed by atoms with Crippen LogP contribution in [0.4, 0.5) is 10.8 Å². The number of anilines is 1. The van der Waals surface area contributed by atoms with Crippen LogP contribution in [0.1, 0.15) is 37.1 Å². The van der Waals surface area contributed by atoms with E-state index in [1.54, 1.807) is 6.20 Å². The third kappa shape index (κ3) is 4.60. The zero-order valence-corrected chi connectivity index (χ0v) is 12.6. The number of aromatic nitrogens is 1. The molecule has 0 unspecified atom stereocenters. The Morgan fingerprint density at radius 3 is 2.77 bits per heavy atom. The van der Waals surface area contributed by atoms with Crippen molar-refractivity contribution in [3.8, 4) is 0 Å². The number of rotatable bonds is 7. The Morgan fingerprint density at radius 2 is 2.14 bits per heavy atom. The lowest BCUT2D eigenvalue weighted by molar-refractivity contribution is 0.243. The van der Waals surface area contributed by atoms with E-state index in [0.717, 1.165) is 17.7 Å². The molecule has 0 bridgehead atoms. The maximum Gasteiger partial charge on any atom is 0.323 e. The molecular weight excluding hydrogens is 282 g/mol. The third-order valence-corrected chi connectivity index (χ3v) is 3.28. The van der Waals surface area contributed by atoms with Gasteiger partial charge in [0.05, 0.1) is 12.2 Å². The summed E-state index contributed by atoms with van der Waals surface area (Å²) in [7, 11) is 0. The van der Waals surface area contributed by atoms with Gasteiger partial charge >= 0.3 is 12.0 Å². The van der Waals surface area contributed by atoms with Gasteiger partial charge in [-0.05, 0) is 18.4 Å². The Balaban J connectivity index is 1.98. The van der Waals surface area contributed by atoms with Gasteiger partial charge in [-0.3, -0.25) is 5.32 Å². The molecule has 0 aliphatic carbocycles. The molecule has 0 spiro atoms. The Bertz CT molecular complexity index is 583. The predicted octanol–water partition coefficient (Wildman–Crippen LogP) is 2.87. The van der Waals surface area contributed by atoms with Gasteiger partial charge in [0.2, 0.25) is 0 Å². The van der Waals surface area contributed by atoms with E-state index >= 15 is 0 Å². The van der Waals surface area contributed by atoms with E-state index in [1.807, 2.05) is 37.3 Å². The monoisotopic (exact) mass is 303 g/mol. The molecule has 0 saturated heterocycles. The van der Waals surface area contributed by atoms with Crippen molar-refractivity contribution in [2.45, 2.75) is 32.2 Å². The molecule has 2 amide bonds. The first-order valence-electron chi connectivity index (χ1n) is 7.41. The van der Waals surface area contributed by atoms with Gasteiger partial charge in [0, 0.05) is 13.0 Å². The van der Waals surface area contributed by atoms with Crippen molar-refractivity contribution in [2.24, 2.45) is 0 Å². The number of nitrogens with zero attached hydrogens (tertiary/aromatic N) is 1. The van der Waals surface area contributed by atoms with Gasteiger partial charge in [-0.15, -0.1) is 0 Å². The second-order valence-corrected chi connectivity index (χ2v) is 4.91. The molecule has 1 heterocycles. The molecule has 0 fully saturated rings. The summed E-state index contributed by atoms with van der Waals surface area (Å²) < 4.78 is 5.35. The van der Waals surface area contributed by atoms with Crippen molar-refractivity contribution < 1.29 is 14.3 Å². The van der Waals surface area contributed by atoms with Crippen molar-refractivity contribution >= 4 is 12.0 Å². The zero-order chi connectivity index (χ0) is 15.8. The molecule has 2 rings (SSSR count). The molecule has 1 aromatic carbocycles. The van der Waals surface area contributed by atoms with Gasteiger partial charge in [0.25, 0.3) is 0 Å². The normalized spacial score (nSPS) is 11.9. The molecule has 0 saturated carbocycles. The number of aliphatic hydroxyl groups excluding tert-OH is 1. The minimum atomic E-state index is -0.378. The quantitative estimate of drug-likeness (QED) is 0.734. The first-order chi connectivity index (χ1) is 10.7. The van der Waals surface area contributed by atoms with Crippen LogP contribution in [0, 0.1) is 0 Å². The summed E-state index contributed by atoms with van der Waals surface area (Å²) in [4.78, 5) is 16.1. The highest BCUT2D eigenvalue weighted by molar-refractivity contribution is 5.87. The summed E-state index contributed by atoms with van der Waals surface area (Å²) in [5, 5.41) is 14.5. The molecule has 1 aromatic heterocycles. The summed E-state index contributed by atoms with van der Waals surface area (Å²) >= 11 is 0. The minimum Gasteiger partial charge on any atom is -0.428 e. The fourth-order valence-electron chi connectivity index (χ4n) is 2.12. The van der Waals surface area contributed by atoms with Crippen LogP contribution in [0.25, 0.3) is 0 Å². The molecule has 3 N–H and O–H groups in total. The Hall–Kier alpha value is -2.34. The van der Waals surface area contributed by atoms with E-state index in [0.29, 0.717) is 12.8 Å². The number of carbonyl (C=O) groups is 1. The van der Waals surface area contributed by atoms with E-state index < -0.39 is 0 Å². The van der Waals surface area contributed by atoms with Crippen molar-refractivity contribution in [2.75, 3.05) is 11.9 Å². The molecule has 0 radical (unpaired) electrons. The largest absolute Gasteiger partial charge is 0.428 e. The smallest absolute Gasteiger partial charge is 0.323 e. The van der Waals surface area contributed by atoms with Gasteiger partial charge in [0.1, 0.15) is 5.76 Å². The number of nitrogens with one attached hydrogen (secondary N) is 2. The number of hydrogen-bond donors (Lipinski definition) is 3. The molecule has 1 atom stereocenters.